The maximum Gasteiger partial charge on any atom is 0.338 e. The summed E-state index contributed by atoms with van der Waals surface area (Å²) in [4.78, 5) is 14.1. The third-order valence-electron chi connectivity index (χ3n) is 2.97. The minimum absolute atomic E-state index is 0.218. The third-order valence-corrected chi connectivity index (χ3v) is 3.91. The third kappa shape index (κ3) is 4.35. The maximum absolute atomic E-state index is 11.7. The lowest BCUT2D eigenvalue weighted by molar-refractivity contribution is 0.0489. The second kappa shape index (κ2) is 7.44. The molecule has 0 saturated carbocycles. The van der Waals surface area contributed by atoms with Gasteiger partial charge in [0.1, 0.15) is 0 Å². The SMILES string of the molecule is O=C(OCCCN1CCSCC1)c1ccccc1. The molecule has 0 amide bonds. The van der Waals surface area contributed by atoms with Gasteiger partial charge in [-0.25, -0.2) is 4.79 Å². The highest BCUT2D eigenvalue weighted by Crippen LogP contribution is 2.09. The summed E-state index contributed by atoms with van der Waals surface area (Å²) in [6.45, 7) is 3.87. The average Bonchev–Trinajstić information content (AvgIpc) is 2.45. The van der Waals surface area contributed by atoms with Crippen molar-refractivity contribution >= 4 is 17.7 Å². The second-order valence-corrected chi connectivity index (χ2v) is 5.53. The molecule has 2 rings (SSSR count). The minimum atomic E-state index is -0.218. The van der Waals surface area contributed by atoms with Crippen LogP contribution in [0.2, 0.25) is 0 Å². The van der Waals surface area contributed by atoms with E-state index in [0.29, 0.717) is 12.2 Å². The second-order valence-electron chi connectivity index (χ2n) is 4.31. The Morgan fingerprint density at radius 3 is 2.67 bits per heavy atom. The van der Waals surface area contributed by atoms with Crippen molar-refractivity contribution in [2.75, 3.05) is 37.7 Å². The van der Waals surface area contributed by atoms with Crippen LogP contribution >= 0.6 is 11.8 Å². The fraction of sp³-hybridized carbons (Fsp3) is 0.500. The quantitative estimate of drug-likeness (QED) is 0.603. The number of hydrogen-bond donors (Lipinski definition) is 0. The van der Waals surface area contributed by atoms with Gasteiger partial charge < -0.3 is 9.64 Å². The van der Waals surface area contributed by atoms with E-state index < -0.39 is 0 Å². The Labute approximate surface area is 113 Å². The molecule has 1 fully saturated rings. The molecule has 1 aromatic carbocycles. The summed E-state index contributed by atoms with van der Waals surface area (Å²) in [5, 5.41) is 0. The number of esters is 1. The molecule has 0 atom stereocenters. The van der Waals surface area contributed by atoms with Gasteiger partial charge in [0.25, 0.3) is 0 Å². The van der Waals surface area contributed by atoms with Crippen LogP contribution in [0.25, 0.3) is 0 Å². The first-order valence-electron chi connectivity index (χ1n) is 6.38. The van der Waals surface area contributed by atoms with Gasteiger partial charge in [-0.3, -0.25) is 0 Å². The summed E-state index contributed by atoms with van der Waals surface area (Å²) in [6.07, 6.45) is 0.920. The zero-order valence-corrected chi connectivity index (χ0v) is 11.3. The number of rotatable bonds is 5. The van der Waals surface area contributed by atoms with Crippen LogP contribution in [0.15, 0.2) is 30.3 Å². The number of carbonyl (C=O) groups is 1. The van der Waals surface area contributed by atoms with E-state index >= 15 is 0 Å². The van der Waals surface area contributed by atoms with Crippen molar-refractivity contribution in [2.24, 2.45) is 0 Å². The zero-order chi connectivity index (χ0) is 12.6. The van der Waals surface area contributed by atoms with Crippen LogP contribution in [0, 0.1) is 0 Å². The molecule has 4 heteroatoms. The molecule has 0 unspecified atom stereocenters. The predicted octanol–water partition coefficient (Wildman–Crippen LogP) is 2.28. The highest BCUT2D eigenvalue weighted by Gasteiger charge is 2.10. The van der Waals surface area contributed by atoms with Crippen LogP contribution < -0.4 is 0 Å². The van der Waals surface area contributed by atoms with E-state index in [-0.39, 0.29) is 5.97 Å². The van der Waals surface area contributed by atoms with Gasteiger partial charge in [0.2, 0.25) is 0 Å². The summed E-state index contributed by atoms with van der Waals surface area (Å²) in [5.41, 5.74) is 0.631. The summed E-state index contributed by atoms with van der Waals surface area (Å²) in [5.74, 6) is 2.23. The van der Waals surface area contributed by atoms with Gasteiger partial charge in [-0.2, -0.15) is 11.8 Å². The Hall–Kier alpha value is -1.00. The van der Waals surface area contributed by atoms with Crippen molar-refractivity contribution < 1.29 is 9.53 Å². The fourth-order valence-electron chi connectivity index (χ4n) is 1.94. The van der Waals surface area contributed by atoms with E-state index in [9.17, 15) is 4.79 Å². The summed E-state index contributed by atoms with van der Waals surface area (Å²) < 4.78 is 5.25. The highest BCUT2D eigenvalue weighted by molar-refractivity contribution is 7.99. The van der Waals surface area contributed by atoms with Crippen molar-refractivity contribution in [3.05, 3.63) is 35.9 Å². The van der Waals surface area contributed by atoms with Crippen molar-refractivity contribution in [2.45, 2.75) is 6.42 Å². The molecule has 1 heterocycles. The number of thioether (sulfide) groups is 1. The van der Waals surface area contributed by atoms with Crippen LogP contribution in [0.4, 0.5) is 0 Å². The van der Waals surface area contributed by atoms with E-state index in [4.69, 9.17) is 4.74 Å². The standard InChI is InChI=1S/C14H19NO2S/c16-14(13-5-2-1-3-6-13)17-10-4-7-15-8-11-18-12-9-15/h1-3,5-6H,4,7-12H2. The normalized spacial score (nSPS) is 16.4. The molecule has 98 valence electrons. The Bertz CT molecular complexity index is 363. The van der Waals surface area contributed by atoms with Crippen LogP contribution in [0.3, 0.4) is 0 Å². The number of ether oxygens (including phenoxy) is 1. The smallest absolute Gasteiger partial charge is 0.338 e. The first-order chi connectivity index (χ1) is 8.86. The number of hydrogen-bond acceptors (Lipinski definition) is 4. The molecule has 0 aromatic heterocycles. The molecule has 18 heavy (non-hydrogen) atoms. The number of benzene rings is 1. The van der Waals surface area contributed by atoms with Crippen molar-refractivity contribution in [3.8, 4) is 0 Å². The highest BCUT2D eigenvalue weighted by atomic mass is 32.2. The van der Waals surface area contributed by atoms with Gasteiger partial charge in [0.15, 0.2) is 0 Å². The molecule has 0 radical (unpaired) electrons. The Kier molecular flexibility index (Phi) is 5.55. The van der Waals surface area contributed by atoms with Crippen molar-refractivity contribution in [1.29, 1.82) is 0 Å². The van der Waals surface area contributed by atoms with Crippen LogP contribution in [-0.2, 0) is 4.74 Å². The summed E-state index contributed by atoms with van der Waals surface area (Å²) >= 11 is 2.01. The molecule has 3 nitrogen and oxygen atoms in total. The molecule has 1 aliphatic rings. The van der Waals surface area contributed by atoms with E-state index in [0.717, 1.165) is 26.1 Å². The van der Waals surface area contributed by atoms with Crippen LogP contribution in [0.1, 0.15) is 16.8 Å². The lowest BCUT2D eigenvalue weighted by Crippen LogP contribution is -2.33. The maximum atomic E-state index is 11.7. The van der Waals surface area contributed by atoms with Gasteiger partial charge in [-0.15, -0.1) is 0 Å². The monoisotopic (exact) mass is 265 g/mol. The van der Waals surface area contributed by atoms with Crippen LogP contribution in [-0.4, -0.2) is 48.6 Å². The van der Waals surface area contributed by atoms with Crippen molar-refractivity contribution in [3.63, 3.8) is 0 Å². The number of carbonyl (C=O) groups excluding carboxylic acids is 1. The topological polar surface area (TPSA) is 29.5 Å². The lowest BCUT2D eigenvalue weighted by atomic mass is 10.2. The molecule has 0 bridgehead atoms. The molecule has 1 saturated heterocycles. The fourth-order valence-corrected chi connectivity index (χ4v) is 2.91. The van der Waals surface area contributed by atoms with Gasteiger partial charge >= 0.3 is 5.97 Å². The summed E-state index contributed by atoms with van der Waals surface area (Å²) in [7, 11) is 0. The predicted molar refractivity (Wildman–Crippen MR) is 75.1 cm³/mol. The van der Waals surface area contributed by atoms with E-state index in [2.05, 4.69) is 4.90 Å². The Morgan fingerprint density at radius 1 is 1.22 bits per heavy atom. The minimum Gasteiger partial charge on any atom is -0.462 e. The first kappa shape index (κ1) is 13.4. The zero-order valence-electron chi connectivity index (χ0n) is 10.5. The molecular formula is C14H19NO2S. The van der Waals surface area contributed by atoms with E-state index in [1.165, 1.54) is 11.5 Å². The Morgan fingerprint density at radius 2 is 1.94 bits per heavy atom. The number of nitrogens with zero attached hydrogens (tertiary/aromatic N) is 1. The van der Waals surface area contributed by atoms with E-state index in [1.807, 2.05) is 30.0 Å². The largest absolute Gasteiger partial charge is 0.462 e. The van der Waals surface area contributed by atoms with E-state index in [1.54, 1.807) is 12.1 Å². The molecule has 0 aliphatic carbocycles. The van der Waals surface area contributed by atoms with Gasteiger partial charge in [-0.1, -0.05) is 18.2 Å². The van der Waals surface area contributed by atoms with Gasteiger partial charge in [-0.05, 0) is 18.6 Å². The molecular weight excluding hydrogens is 246 g/mol. The molecule has 0 N–H and O–H groups in total. The molecule has 1 aliphatic heterocycles. The molecule has 0 spiro atoms. The first-order valence-corrected chi connectivity index (χ1v) is 7.54. The van der Waals surface area contributed by atoms with Gasteiger partial charge in [0, 0.05) is 31.1 Å². The average molecular weight is 265 g/mol. The van der Waals surface area contributed by atoms with Crippen LogP contribution in [0.5, 0.6) is 0 Å². The Balaban J connectivity index is 1.62. The summed E-state index contributed by atoms with van der Waals surface area (Å²) in [6, 6.07) is 9.16. The van der Waals surface area contributed by atoms with Crippen molar-refractivity contribution in [1.82, 2.24) is 4.90 Å². The van der Waals surface area contributed by atoms with Gasteiger partial charge in [0.05, 0.1) is 12.2 Å². The molecule has 1 aromatic rings. The lowest BCUT2D eigenvalue weighted by Gasteiger charge is -2.25.